The fourth-order valence-electron chi connectivity index (χ4n) is 3.48. The summed E-state index contributed by atoms with van der Waals surface area (Å²) in [6, 6.07) is 11.5. The van der Waals surface area contributed by atoms with Gasteiger partial charge < -0.3 is 24.4 Å². The van der Waals surface area contributed by atoms with Gasteiger partial charge in [0.25, 0.3) is 5.91 Å². The van der Waals surface area contributed by atoms with Crippen LogP contribution in [0.15, 0.2) is 47.4 Å². The number of nitrogens with zero attached hydrogens (tertiary/aromatic N) is 2. The Morgan fingerprint density at radius 3 is 2.52 bits per heavy atom. The van der Waals surface area contributed by atoms with E-state index in [1.807, 2.05) is 13.1 Å². The van der Waals surface area contributed by atoms with Crippen LogP contribution in [0.3, 0.4) is 0 Å². The van der Waals surface area contributed by atoms with E-state index in [2.05, 4.69) is 10.2 Å². The molecule has 4 rings (SSSR count). The molecular weight excluding hydrogens is 422 g/mol. The fourth-order valence-corrected chi connectivity index (χ4v) is 4.93. The lowest BCUT2D eigenvalue weighted by atomic mass is 10.2. The van der Waals surface area contributed by atoms with Gasteiger partial charge in [0.05, 0.1) is 17.7 Å². The van der Waals surface area contributed by atoms with Crippen molar-refractivity contribution in [2.45, 2.75) is 11.0 Å². The van der Waals surface area contributed by atoms with Crippen LogP contribution in [0.1, 0.15) is 0 Å². The highest BCUT2D eigenvalue weighted by Crippen LogP contribution is 2.33. The highest BCUT2D eigenvalue weighted by Gasteiger charge is 2.30. The summed E-state index contributed by atoms with van der Waals surface area (Å²) in [5.74, 6) is 0.946. The van der Waals surface area contributed by atoms with Crippen LogP contribution in [0.4, 0.5) is 5.69 Å². The van der Waals surface area contributed by atoms with Gasteiger partial charge in [-0.05, 0) is 37.4 Å². The van der Waals surface area contributed by atoms with Gasteiger partial charge >= 0.3 is 0 Å². The van der Waals surface area contributed by atoms with Gasteiger partial charge in [-0.15, -0.1) is 0 Å². The third-order valence-corrected chi connectivity index (χ3v) is 7.22. The first-order chi connectivity index (χ1) is 14.9. The summed E-state index contributed by atoms with van der Waals surface area (Å²) in [4.78, 5) is 15.0. The first kappa shape index (κ1) is 21.4. The molecule has 0 bridgehead atoms. The van der Waals surface area contributed by atoms with E-state index in [1.165, 1.54) is 29.6 Å². The molecule has 0 aliphatic carbocycles. The maximum Gasteiger partial charge on any atom is 0.269 e. The maximum absolute atomic E-state index is 13.1. The molecule has 2 aliphatic heterocycles. The Morgan fingerprint density at radius 2 is 1.81 bits per heavy atom. The monoisotopic (exact) mass is 447 g/mol. The largest absolute Gasteiger partial charge is 0.495 e. The number of methoxy groups -OCH3 is 1. The maximum atomic E-state index is 13.1. The molecule has 166 valence electrons. The summed E-state index contributed by atoms with van der Waals surface area (Å²) in [5.41, 5.74) is 0.255. The Labute approximate surface area is 181 Å². The number of carbonyl (C=O) groups excluding carboxylic acids is 1. The van der Waals surface area contributed by atoms with Crippen LogP contribution in [0, 0.1) is 0 Å². The molecule has 1 N–H and O–H groups in total. The molecule has 1 saturated heterocycles. The summed E-state index contributed by atoms with van der Waals surface area (Å²) in [5, 5.41) is 2.72. The van der Waals surface area contributed by atoms with Gasteiger partial charge in [-0.1, -0.05) is 12.1 Å². The first-order valence-corrected chi connectivity index (χ1v) is 11.4. The average Bonchev–Trinajstić information content (AvgIpc) is 2.79. The Morgan fingerprint density at radius 1 is 1.10 bits per heavy atom. The minimum atomic E-state index is -3.69. The molecule has 0 saturated carbocycles. The van der Waals surface area contributed by atoms with Crippen LogP contribution < -0.4 is 19.5 Å². The zero-order chi connectivity index (χ0) is 22.0. The van der Waals surface area contributed by atoms with Gasteiger partial charge in [0, 0.05) is 26.2 Å². The van der Waals surface area contributed by atoms with Crippen molar-refractivity contribution in [1.82, 2.24) is 9.21 Å². The second-order valence-electron chi connectivity index (χ2n) is 7.42. The molecule has 2 aromatic rings. The number of ether oxygens (including phenoxy) is 3. The number of anilines is 1. The number of hydrogen-bond donors (Lipinski definition) is 1. The van der Waals surface area contributed by atoms with E-state index in [-0.39, 0.29) is 17.2 Å². The van der Waals surface area contributed by atoms with Gasteiger partial charge in [-0.25, -0.2) is 8.42 Å². The minimum Gasteiger partial charge on any atom is -0.495 e. The molecular formula is C21H25N3O6S. The highest BCUT2D eigenvalue weighted by atomic mass is 32.2. The smallest absolute Gasteiger partial charge is 0.269 e. The molecule has 9 nitrogen and oxygen atoms in total. The van der Waals surface area contributed by atoms with Crippen molar-refractivity contribution in [2.75, 3.05) is 52.3 Å². The third-order valence-electron chi connectivity index (χ3n) is 5.33. The normalized spacial score (nSPS) is 19.6. The first-order valence-electron chi connectivity index (χ1n) is 9.94. The number of hydrogen-bond acceptors (Lipinski definition) is 7. The standard InChI is InChI=1S/C21H25N3O6S/c1-23-9-11-24(12-10-23)31(26,27)15-7-8-17(28-2)16(13-15)22-21(25)20-14-29-18-5-3-4-6-19(18)30-20/h3-8,13,20H,9-12,14H2,1-2H3,(H,22,25)/t20-/m0/s1. The molecule has 0 spiro atoms. The molecule has 0 unspecified atom stereocenters. The van der Waals surface area contributed by atoms with E-state index in [1.54, 1.807) is 18.2 Å². The number of nitrogens with one attached hydrogen (secondary N) is 1. The fraction of sp³-hybridized carbons (Fsp3) is 0.381. The number of likely N-dealkylation sites (N-methyl/N-ethyl adjacent to an activating group) is 1. The topological polar surface area (TPSA) is 97.4 Å². The van der Waals surface area contributed by atoms with E-state index >= 15 is 0 Å². The quantitative estimate of drug-likeness (QED) is 0.740. The van der Waals surface area contributed by atoms with Crippen molar-refractivity contribution in [3.63, 3.8) is 0 Å². The van der Waals surface area contributed by atoms with Gasteiger partial charge in [0.15, 0.2) is 11.5 Å². The SMILES string of the molecule is COc1ccc(S(=O)(=O)N2CCN(C)CC2)cc1NC(=O)[C@@H]1COc2ccccc2O1. The number of sulfonamides is 1. The van der Waals surface area contributed by atoms with Crippen molar-refractivity contribution in [3.05, 3.63) is 42.5 Å². The average molecular weight is 448 g/mol. The summed E-state index contributed by atoms with van der Waals surface area (Å²) in [6.45, 7) is 2.21. The van der Waals surface area contributed by atoms with E-state index in [0.717, 1.165) is 0 Å². The lowest BCUT2D eigenvalue weighted by Gasteiger charge is -2.31. The zero-order valence-corrected chi connectivity index (χ0v) is 18.2. The van der Waals surface area contributed by atoms with Gasteiger partial charge in [0.1, 0.15) is 12.4 Å². The molecule has 2 heterocycles. The Balaban J connectivity index is 1.53. The van der Waals surface area contributed by atoms with Crippen LogP contribution in [0.5, 0.6) is 17.2 Å². The second kappa shape index (κ2) is 8.74. The number of carbonyl (C=O) groups is 1. The van der Waals surface area contributed by atoms with Gasteiger partial charge in [0.2, 0.25) is 16.1 Å². The molecule has 2 aromatic carbocycles. The predicted molar refractivity (Wildman–Crippen MR) is 114 cm³/mol. The van der Waals surface area contributed by atoms with Crippen LogP contribution in [-0.4, -0.2) is 76.6 Å². The Bertz CT molecular complexity index is 1070. The van der Waals surface area contributed by atoms with E-state index in [0.29, 0.717) is 43.4 Å². The summed E-state index contributed by atoms with van der Waals surface area (Å²) >= 11 is 0. The van der Waals surface area contributed by atoms with Crippen molar-refractivity contribution in [1.29, 1.82) is 0 Å². The van der Waals surface area contributed by atoms with Crippen LogP contribution in [0.25, 0.3) is 0 Å². The van der Waals surface area contributed by atoms with Crippen LogP contribution in [0.2, 0.25) is 0 Å². The lowest BCUT2D eigenvalue weighted by molar-refractivity contribution is -0.125. The number of amides is 1. The number of rotatable bonds is 5. The molecule has 1 fully saturated rings. The molecule has 2 aliphatic rings. The molecule has 31 heavy (non-hydrogen) atoms. The Kier molecular flexibility index (Phi) is 6.03. The molecule has 0 aromatic heterocycles. The molecule has 1 amide bonds. The number of piperazine rings is 1. The van der Waals surface area contributed by atoms with E-state index in [4.69, 9.17) is 14.2 Å². The molecule has 1 atom stereocenters. The van der Waals surface area contributed by atoms with Crippen molar-refractivity contribution < 1.29 is 27.4 Å². The molecule has 10 heteroatoms. The summed E-state index contributed by atoms with van der Waals surface area (Å²) in [7, 11) is -0.276. The van der Waals surface area contributed by atoms with Crippen molar-refractivity contribution in [3.8, 4) is 17.2 Å². The van der Waals surface area contributed by atoms with E-state index < -0.39 is 22.0 Å². The van der Waals surface area contributed by atoms with Crippen LogP contribution in [-0.2, 0) is 14.8 Å². The summed E-state index contributed by atoms with van der Waals surface area (Å²) < 4.78 is 44.3. The van der Waals surface area contributed by atoms with Crippen molar-refractivity contribution >= 4 is 21.6 Å². The number of fused-ring (bicyclic) bond motifs is 1. The lowest BCUT2D eigenvalue weighted by Crippen LogP contribution is -2.47. The van der Waals surface area contributed by atoms with Gasteiger partial charge in [-0.2, -0.15) is 4.31 Å². The summed E-state index contributed by atoms with van der Waals surface area (Å²) in [6.07, 6.45) is -0.877. The van der Waals surface area contributed by atoms with Crippen LogP contribution >= 0.6 is 0 Å². The predicted octanol–water partition coefficient (Wildman–Crippen LogP) is 1.41. The molecule has 0 radical (unpaired) electrons. The van der Waals surface area contributed by atoms with Gasteiger partial charge in [-0.3, -0.25) is 4.79 Å². The number of benzene rings is 2. The number of para-hydroxylation sites is 2. The minimum absolute atomic E-state index is 0.0461. The van der Waals surface area contributed by atoms with Crippen molar-refractivity contribution in [2.24, 2.45) is 0 Å². The Hall–Kier alpha value is -2.82. The van der Waals surface area contributed by atoms with E-state index in [9.17, 15) is 13.2 Å². The second-order valence-corrected chi connectivity index (χ2v) is 9.36. The zero-order valence-electron chi connectivity index (χ0n) is 17.4. The third kappa shape index (κ3) is 4.46. The highest BCUT2D eigenvalue weighted by molar-refractivity contribution is 7.89.